The highest BCUT2D eigenvalue weighted by Crippen LogP contribution is 2.35. The quantitative estimate of drug-likeness (QED) is 0.137. The van der Waals surface area contributed by atoms with Crippen LogP contribution in [0.5, 0.6) is 0 Å². The molecular formula is C42H54Cl5N9O3. The van der Waals surface area contributed by atoms with Gasteiger partial charge in [0.2, 0.25) is 5.91 Å². The van der Waals surface area contributed by atoms with Crippen LogP contribution in [0.15, 0.2) is 54.9 Å². The van der Waals surface area contributed by atoms with Crippen molar-refractivity contribution < 1.29 is 14.3 Å². The predicted molar refractivity (Wildman–Crippen MR) is 246 cm³/mol. The van der Waals surface area contributed by atoms with Crippen LogP contribution in [0.1, 0.15) is 74.5 Å². The Hall–Kier alpha value is -4.11. The van der Waals surface area contributed by atoms with Gasteiger partial charge < -0.3 is 40.0 Å². The first-order valence-corrected chi connectivity index (χ1v) is 19.0. The highest BCUT2D eigenvalue weighted by atomic mass is 35.5. The van der Waals surface area contributed by atoms with Gasteiger partial charge in [0.15, 0.2) is 0 Å². The standard InChI is InChI=1S/C42H49N9O3.5ClH/c1-28(2)38(48-42(53)54-4)41(52)51-20-8-12-37(51)40-45-27-36(47-40)31-14-13-29(9-5-6-10-32-26-44-39(46-32)35-11-7-19-43-35)34(25-31)30-15-17-33(18-16-30)50-23-21-49(3)22-24-50;;;;;/h13-18,25-28,35,37-38,43H,7-8,11-12,19-24H2,1-4H3,(H,44,46)(H,45,47)(H,48,53);5*1H/t35-,37-,38-;;;;;/m0...../s1. The van der Waals surface area contributed by atoms with E-state index in [1.807, 2.05) is 37.1 Å². The molecule has 59 heavy (non-hydrogen) atoms. The summed E-state index contributed by atoms with van der Waals surface area (Å²) in [5.41, 5.74) is 6.68. The lowest BCUT2D eigenvalue weighted by molar-refractivity contribution is -0.135. The lowest BCUT2D eigenvalue weighted by atomic mass is 9.96. The number of piperazine rings is 1. The van der Waals surface area contributed by atoms with Crippen LogP contribution in [0.25, 0.3) is 22.4 Å². The summed E-state index contributed by atoms with van der Waals surface area (Å²) in [7, 11) is 3.47. The number of aromatic nitrogens is 4. The first kappa shape index (κ1) is 51.0. The number of imidazole rings is 2. The van der Waals surface area contributed by atoms with Gasteiger partial charge in [0.25, 0.3) is 0 Å². The molecule has 3 fully saturated rings. The fourth-order valence-electron chi connectivity index (χ4n) is 7.51. The number of H-pyrrole nitrogens is 2. The predicted octanol–water partition coefficient (Wildman–Crippen LogP) is 7.20. The minimum Gasteiger partial charge on any atom is -0.453 e. The Kier molecular flexibility index (Phi) is 20.4. The molecule has 4 N–H and O–H groups in total. The maximum absolute atomic E-state index is 13.7. The number of carbonyl (C=O) groups is 2. The van der Waals surface area contributed by atoms with Crippen molar-refractivity contribution in [2.24, 2.45) is 5.92 Å². The van der Waals surface area contributed by atoms with Crippen LogP contribution >= 0.6 is 62.0 Å². The van der Waals surface area contributed by atoms with E-state index in [0.717, 1.165) is 104 Å². The number of rotatable bonds is 8. The highest BCUT2D eigenvalue weighted by Gasteiger charge is 2.37. The molecule has 320 valence electrons. The molecule has 2 aromatic heterocycles. The fourth-order valence-corrected chi connectivity index (χ4v) is 7.51. The van der Waals surface area contributed by atoms with Gasteiger partial charge >= 0.3 is 6.09 Å². The number of aromatic amines is 2. The Morgan fingerprint density at radius 1 is 0.831 bits per heavy atom. The number of ether oxygens (including phenoxy) is 1. The SMILES string of the molecule is COC(=O)N[C@H](C(=O)N1CCC[C@H]1c1ncc(-c2ccc(C#CC#Cc3cnc([C@@H]4CCCN4)[nH]3)c(-c3ccc(N4CCN(C)CC4)cc3)c2)[nH]1)C(C)C.Cl.Cl.Cl.Cl.Cl. The third kappa shape index (κ3) is 12.2. The Bertz CT molecular complexity index is 2090. The lowest BCUT2D eigenvalue weighted by Crippen LogP contribution is -2.51. The van der Waals surface area contributed by atoms with Crippen LogP contribution in [-0.4, -0.2) is 101 Å². The summed E-state index contributed by atoms with van der Waals surface area (Å²) in [6, 6.07) is 14.3. The van der Waals surface area contributed by atoms with E-state index in [1.165, 1.54) is 12.8 Å². The molecule has 5 heterocycles. The van der Waals surface area contributed by atoms with E-state index < -0.39 is 12.1 Å². The number of benzene rings is 2. The summed E-state index contributed by atoms with van der Waals surface area (Å²) in [6.45, 7) is 9.52. The molecule has 0 spiro atoms. The van der Waals surface area contributed by atoms with E-state index >= 15 is 0 Å². The van der Waals surface area contributed by atoms with Crippen molar-refractivity contribution >= 4 is 79.7 Å². The molecule has 3 atom stereocenters. The van der Waals surface area contributed by atoms with E-state index in [-0.39, 0.29) is 85.9 Å². The zero-order valence-electron chi connectivity index (χ0n) is 33.6. The molecule has 0 radical (unpaired) electrons. The maximum Gasteiger partial charge on any atom is 0.407 e. The molecule has 17 heteroatoms. The summed E-state index contributed by atoms with van der Waals surface area (Å²) in [6.07, 6.45) is 6.83. The van der Waals surface area contributed by atoms with Crippen molar-refractivity contribution in [2.75, 3.05) is 58.3 Å². The number of amides is 2. The van der Waals surface area contributed by atoms with Crippen molar-refractivity contribution in [2.45, 2.75) is 57.7 Å². The molecule has 0 saturated carbocycles. The lowest BCUT2D eigenvalue weighted by Gasteiger charge is -2.34. The van der Waals surface area contributed by atoms with Gasteiger partial charge in [-0.05, 0) is 98.3 Å². The topological polar surface area (TPSA) is 135 Å². The van der Waals surface area contributed by atoms with Crippen LogP contribution in [-0.2, 0) is 9.53 Å². The molecule has 0 aliphatic carbocycles. The first-order valence-electron chi connectivity index (χ1n) is 19.0. The number of halogens is 5. The summed E-state index contributed by atoms with van der Waals surface area (Å²) in [5.74, 6) is 13.9. The zero-order valence-corrected chi connectivity index (χ0v) is 37.7. The minimum absolute atomic E-state index is 0. The van der Waals surface area contributed by atoms with Gasteiger partial charge in [-0.1, -0.05) is 38.0 Å². The van der Waals surface area contributed by atoms with Crippen LogP contribution in [0.3, 0.4) is 0 Å². The number of nitrogens with zero attached hydrogens (tertiary/aromatic N) is 5. The van der Waals surface area contributed by atoms with Gasteiger partial charge in [0, 0.05) is 49.5 Å². The van der Waals surface area contributed by atoms with Gasteiger partial charge in [-0.25, -0.2) is 14.8 Å². The van der Waals surface area contributed by atoms with Crippen LogP contribution in [0.2, 0.25) is 0 Å². The number of hydrogen-bond donors (Lipinski definition) is 4. The van der Waals surface area contributed by atoms with Crippen molar-refractivity contribution in [3.8, 4) is 46.1 Å². The largest absolute Gasteiger partial charge is 0.453 e. The van der Waals surface area contributed by atoms with E-state index in [4.69, 9.17) is 9.72 Å². The monoisotopic (exact) mass is 907 g/mol. The molecular weight excluding hydrogens is 856 g/mol. The second kappa shape index (κ2) is 23.6. The number of alkyl carbamates (subject to hydrolysis) is 1. The van der Waals surface area contributed by atoms with Crippen molar-refractivity contribution in [3.05, 3.63) is 77.8 Å². The molecule has 2 aromatic carbocycles. The van der Waals surface area contributed by atoms with Gasteiger partial charge in [0.05, 0.1) is 37.3 Å². The first-order chi connectivity index (χ1) is 26.3. The minimum atomic E-state index is -0.692. The molecule has 4 aromatic rings. The maximum atomic E-state index is 13.7. The van der Waals surface area contributed by atoms with Gasteiger partial charge in [0.1, 0.15) is 23.4 Å². The number of likely N-dealkylation sites (tertiary alicyclic amines) is 1. The average molecular weight is 910 g/mol. The molecule has 3 aliphatic rings. The zero-order chi connectivity index (χ0) is 37.6. The summed E-state index contributed by atoms with van der Waals surface area (Å²) in [5, 5.41) is 6.18. The molecule has 7 rings (SSSR count). The third-order valence-electron chi connectivity index (χ3n) is 10.7. The van der Waals surface area contributed by atoms with Crippen LogP contribution in [0, 0.1) is 29.6 Å². The summed E-state index contributed by atoms with van der Waals surface area (Å²) >= 11 is 0. The Balaban J connectivity index is 0.00000240. The number of likely N-dealkylation sites (N-methyl/N-ethyl adjacent to an activating group) is 1. The van der Waals surface area contributed by atoms with Gasteiger partial charge in [-0.15, -0.1) is 62.0 Å². The normalized spacial score (nSPS) is 17.6. The van der Waals surface area contributed by atoms with Crippen molar-refractivity contribution in [1.82, 2.24) is 40.4 Å². The van der Waals surface area contributed by atoms with Crippen LogP contribution in [0.4, 0.5) is 10.5 Å². The van der Waals surface area contributed by atoms with Crippen LogP contribution < -0.4 is 15.5 Å². The number of hydrogen-bond acceptors (Lipinski definition) is 8. The van der Waals surface area contributed by atoms with E-state index in [2.05, 4.69) is 96.4 Å². The molecule has 12 nitrogen and oxygen atoms in total. The highest BCUT2D eigenvalue weighted by molar-refractivity contribution is 5.87. The molecule has 3 saturated heterocycles. The molecule has 2 amide bonds. The Labute approximate surface area is 378 Å². The van der Waals surface area contributed by atoms with Gasteiger partial charge in [-0.3, -0.25) is 4.79 Å². The number of methoxy groups -OCH3 is 1. The number of anilines is 1. The van der Waals surface area contributed by atoms with E-state index in [1.54, 1.807) is 6.20 Å². The van der Waals surface area contributed by atoms with Crippen molar-refractivity contribution in [1.29, 1.82) is 0 Å². The summed E-state index contributed by atoms with van der Waals surface area (Å²) in [4.78, 5) is 48.5. The number of carbonyl (C=O) groups excluding carboxylic acids is 2. The molecule has 0 bridgehead atoms. The van der Waals surface area contributed by atoms with Gasteiger partial charge in [-0.2, -0.15) is 0 Å². The number of nitrogens with one attached hydrogen (secondary N) is 4. The van der Waals surface area contributed by atoms with E-state index in [9.17, 15) is 9.59 Å². The third-order valence-corrected chi connectivity index (χ3v) is 10.7. The fraction of sp³-hybridized carbons (Fsp3) is 0.429. The smallest absolute Gasteiger partial charge is 0.407 e. The second-order valence-corrected chi connectivity index (χ2v) is 14.7. The van der Waals surface area contributed by atoms with Crippen molar-refractivity contribution in [3.63, 3.8) is 0 Å². The average Bonchev–Trinajstić information content (AvgIpc) is 4.03. The second-order valence-electron chi connectivity index (χ2n) is 14.7. The molecule has 0 unspecified atom stereocenters. The Morgan fingerprint density at radius 2 is 1.53 bits per heavy atom. The Morgan fingerprint density at radius 3 is 2.20 bits per heavy atom. The summed E-state index contributed by atoms with van der Waals surface area (Å²) < 4.78 is 4.79. The molecule has 3 aliphatic heterocycles. The van der Waals surface area contributed by atoms with E-state index in [0.29, 0.717) is 6.54 Å².